The van der Waals surface area contributed by atoms with Crippen LogP contribution in [0.15, 0.2) is 42.7 Å². The Morgan fingerprint density at radius 1 is 1.11 bits per heavy atom. The molecule has 98 valence electrons. The molecule has 0 fully saturated rings. The number of hydrogen-bond acceptors (Lipinski definition) is 3. The van der Waals surface area contributed by atoms with Crippen molar-refractivity contribution in [3.05, 3.63) is 59.4 Å². The molecule has 0 unspecified atom stereocenters. The van der Waals surface area contributed by atoms with Crippen LogP contribution in [-0.2, 0) is 6.18 Å². The second kappa shape index (κ2) is 4.72. The van der Waals surface area contributed by atoms with Gasteiger partial charge >= 0.3 is 6.18 Å². The highest BCUT2D eigenvalue weighted by Crippen LogP contribution is 2.32. The van der Waals surface area contributed by atoms with Gasteiger partial charge in [-0.3, -0.25) is 9.78 Å². The van der Waals surface area contributed by atoms with Crippen LogP contribution >= 0.6 is 0 Å². The van der Waals surface area contributed by atoms with Gasteiger partial charge in [0.05, 0.1) is 11.1 Å². The molecule has 2 aromatic rings. The third kappa shape index (κ3) is 2.73. The molecule has 0 bridgehead atoms. The molecular formula is C13H9F3N2O. The Labute approximate surface area is 106 Å². The predicted molar refractivity (Wildman–Crippen MR) is 63.5 cm³/mol. The standard InChI is InChI=1S/C13H9F3N2O/c14-13(15,16)11-5-6-18-7-10(11)12(19)8-1-3-9(17)4-2-8/h1-7H,17H2. The predicted octanol–water partition coefficient (Wildman–Crippen LogP) is 2.91. The molecule has 6 heteroatoms. The van der Waals surface area contributed by atoms with Gasteiger partial charge in [-0.05, 0) is 30.3 Å². The summed E-state index contributed by atoms with van der Waals surface area (Å²) in [5.74, 6) is -0.736. The average molecular weight is 266 g/mol. The van der Waals surface area contributed by atoms with E-state index in [9.17, 15) is 18.0 Å². The monoisotopic (exact) mass is 266 g/mol. The molecule has 1 heterocycles. The van der Waals surface area contributed by atoms with Crippen molar-refractivity contribution in [3.63, 3.8) is 0 Å². The number of aromatic nitrogens is 1. The number of pyridine rings is 1. The lowest BCUT2D eigenvalue weighted by atomic mass is 10.00. The van der Waals surface area contributed by atoms with Crippen LogP contribution in [0.25, 0.3) is 0 Å². The van der Waals surface area contributed by atoms with Crippen molar-refractivity contribution in [1.29, 1.82) is 0 Å². The Morgan fingerprint density at radius 3 is 2.32 bits per heavy atom. The van der Waals surface area contributed by atoms with E-state index in [0.29, 0.717) is 5.69 Å². The number of nitrogen functional groups attached to an aromatic ring is 1. The van der Waals surface area contributed by atoms with Crippen LogP contribution in [0.4, 0.5) is 18.9 Å². The van der Waals surface area contributed by atoms with Crippen LogP contribution in [0.5, 0.6) is 0 Å². The molecule has 0 radical (unpaired) electrons. The van der Waals surface area contributed by atoms with Gasteiger partial charge in [0, 0.05) is 23.6 Å². The number of hydrogen-bond donors (Lipinski definition) is 1. The van der Waals surface area contributed by atoms with Gasteiger partial charge in [-0.2, -0.15) is 13.2 Å². The maximum Gasteiger partial charge on any atom is 0.417 e. The number of halogens is 3. The summed E-state index contributed by atoms with van der Waals surface area (Å²) in [6.07, 6.45) is -2.67. The number of carbonyl (C=O) groups is 1. The smallest absolute Gasteiger partial charge is 0.399 e. The number of carbonyl (C=O) groups excluding carboxylic acids is 1. The summed E-state index contributed by atoms with van der Waals surface area (Å²) in [4.78, 5) is 15.6. The maximum absolute atomic E-state index is 12.8. The Bertz CT molecular complexity index is 606. The maximum atomic E-state index is 12.8. The van der Waals surface area contributed by atoms with E-state index in [0.717, 1.165) is 18.5 Å². The number of alkyl halides is 3. The molecule has 0 atom stereocenters. The van der Waals surface area contributed by atoms with E-state index in [1.54, 1.807) is 0 Å². The van der Waals surface area contributed by atoms with Crippen LogP contribution < -0.4 is 5.73 Å². The summed E-state index contributed by atoms with van der Waals surface area (Å²) in [6, 6.07) is 6.45. The van der Waals surface area contributed by atoms with Gasteiger partial charge in [0.25, 0.3) is 0 Å². The molecule has 0 amide bonds. The summed E-state index contributed by atoms with van der Waals surface area (Å²) >= 11 is 0. The average Bonchev–Trinajstić information content (AvgIpc) is 2.38. The molecule has 0 aliphatic rings. The first-order valence-corrected chi connectivity index (χ1v) is 5.31. The minimum atomic E-state index is -4.60. The third-order valence-electron chi connectivity index (χ3n) is 2.54. The lowest BCUT2D eigenvalue weighted by Crippen LogP contribution is -2.14. The number of anilines is 1. The van der Waals surface area contributed by atoms with Crippen LogP contribution in [0.1, 0.15) is 21.5 Å². The van der Waals surface area contributed by atoms with E-state index >= 15 is 0 Å². The van der Waals surface area contributed by atoms with E-state index in [1.807, 2.05) is 0 Å². The van der Waals surface area contributed by atoms with Crippen LogP contribution in [0, 0.1) is 0 Å². The van der Waals surface area contributed by atoms with E-state index in [-0.39, 0.29) is 5.56 Å². The minimum absolute atomic E-state index is 0.132. The Kier molecular flexibility index (Phi) is 3.25. The molecule has 0 saturated carbocycles. The van der Waals surface area contributed by atoms with Crippen molar-refractivity contribution in [2.45, 2.75) is 6.18 Å². The van der Waals surface area contributed by atoms with Crippen molar-refractivity contribution in [3.8, 4) is 0 Å². The lowest BCUT2D eigenvalue weighted by Gasteiger charge is -2.11. The van der Waals surface area contributed by atoms with Gasteiger partial charge in [-0.25, -0.2) is 0 Å². The van der Waals surface area contributed by atoms with E-state index < -0.39 is 23.1 Å². The summed E-state index contributed by atoms with van der Waals surface area (Å²) in [5, 5.41) is 0. The molecular weight excluding hydrogens is 257 g/mol. The molecule has 1 aromatic carbocycles. The Morgan fingerprint density at radius 2 is 1.74 bits per heavy atom. The fraction of sp³-hybridized carbons (Fsp3) is 0.0769. The van der Waals surface area contributed by atoms with Gasteiger partial charge in [0.1, 0.15) is 0 Å². The third-order valence-corrected chi connectivity index (χ3v) is 2.54. The minimum Gasteiger partial charge on any atom is -0.399 e. The highest BCUT2D eigenvalue weighted by atomic mass is 19.4. The first-order valence-electron chi connectivity index (χ1n) is 5.31. The van der Waals surface area contributed by atoms with Crippen LogP contribution in [0.2, 0.25) is 0 Å². The molecule has 19 heavy (non-hydrogen) atoms. The molecule has 0 aliphatic carbocycles. The Hall–Kier alpha value is -2.37. The van der Waals surface area contributed by atoms with E-state index in [1.165, 1.54) is 24.3 Å². The fourth-order valence-corrected chi connectivity index (χ4v) is 1.61. The van der Waals surface area contributed by atoms with Crippen molar-refractivity contribution < 1.29 is 18.0 Å². The second-order valence-corrected chi connectivity index (χ2v) is 3.87. The molecule has 2 rings (SSSR count). The highest BCUT2D eigenvalue weighted by Gasteiger charge is 2.35. The lowest BCUT2D eigenvalue weighted by molar-refractivity contribution is -0.137. The normalized spacial score (nSPS) is 11.3. The summed E-state index contributed by atoms with van der Waals surface area (Å²) < 4.78 is 38.4. The summed E-state index contributed by atoms with van der Waals surface area (Å²) in [6.45, 7) is 0. The largest absolute Gasteiger partial charge is 0.417 e. The molecule has 0 aliphatic heterocycles. The zero-order valence-electron chi connectivity index (χ0n) is 9.61. The number of ketones is 1. The zero-order valence-corrected chi connectivity index (χ0v) is 9.61. The quantitative estimate of drug-likeness (QED) is 0.671. The van der Waals surface area contributed by atoms with Gasteiger partial charge in [0.15, 0.2) is 5.78 Å². The SMILES string of the molecule is Nc1ccc(C(=O)c2cnccc2C(F)(F)F)cc1. The summed E-state index contributed by atoms with van der Waals surface area (Å²) in [5.41, 5.74) is 4.55. The van der Waals surface area contributed by atoms with Crippen molar-refractivity contribution in [2.75, 3.05) is 5.73 Å². The van der Waals surface area contributed by atoms with Crippen LogP contribution in [0.3, 0.4) is 0 Å². The Balaban J connectivity index is 2.48. The summed E-state index contributed by atoms with van der Waals surface area (Å²) in [7, 11) is 0. The zero-order chi connectivity index (χ0) is 14.0. The van der Waals surface area contributed by atoms with Gasteiger partial charge < -0.3 is 5.73 Å². The number of benzene rings is 1. The second-order valence-electron chi connectivity index (χ2n) is 3.87. The molecule has 0 saturated heterocycles. The topological polar surface area (TPSA) is 56.0 Å². The van der Waals surface area contributed by atoms with E-state index in [2.05, 4.69) is 4.98 Å². The first kappa shape index (κ1) is 13.1. The molecule has 2 N–H and O–H groups in total. The first-order chi connectivity index (χ1) is 8.89. The van der Waals surface area contributed by atoms with Crippen molar-refractivity contribution in [2.24, 2.45) is 0 Å². The fourth-order valence-electron chi connectivity index (χ4n) is 1.61. The van der Waals surface area contributed by atoms with Gasteiger partial charge in [-0.1, -0.05) is 0 Å². The highest BCUT2D eigenvalue weighted by molar-refractivity contribution is 6.09. The number of nitrogens with zero attached hydrogens (tertiary/aromatic N) is 1. The molecule has 3 nitrogen and oxygen atoms in total. The van der Waals surface area contributed by atoms with Gasteiger partial charge in [-0.15, -0.1) is 0 Å². The number of nitrogens with two attached hydrogens (primary N) is 1. The van der Waals surface area contributed by atoms with Crippen molar-refractivity contribution in [1.82, 2.24) is 4.98 Å². The van der Waals surface area contributed by atoms with E-state index in [4.69, 9.17) is 5.73 Å². The molecule has 0 spiro atoms. The van der Waals surface area contributed by atoms with Gasteiger partial charge in [0.2, 0.25) is 0 Å². The van der Waals surface area contributed by atoms with Crippen LogP contribution in [-0.4, -0.2) is 10.8 Å². The number of rotatable bonds is 2. The molecule has 1 aromatic heterocycles. The van der Waals surface area contributed by atoms with Crippen molar-refractivity contribution >= 4 is 11.5 Å².